The molecule has 9 heteroatoms. The minimum Gasteiger partial charge on any atom is -0.378 e. The molecule has 2 aromatic carbocycles. The summed E-state index contributed by atoms with van der Waals surface area (Å²) in [7, 11) is 0. The molecule has 0 spiro atoms. The lowest BCUT2D eigenvalue weighted by atomic mass is 10.2. The first-order chi connectivity index (χ1) is 15.1. The second-order valence-electron chi connectivity index (χ2n) is 7.41. The summed E-state index contributed by atoms with van der Waals surface area (Å²) in [6.45, 7) is 3.79. The molecule has 1 aromatic heterocycles. The van der Waals surface area contributed by atoms with Crippen molar-refractivity contribution < 1.29 is 18.3 Å². The van der Waals surface area contributed by atoms with Gasteiger partial charge < -0.3 is 24.8 Å². The number of halogens is 2. The van der Waals surface area contributed by atoms with Crippen LogP contribution in [0.1, 0.15) is 10.5 Å². The van der Waals surface area contributed by atoms with E-state index in [1.54, 1.807) is 4.57 Å². The molecule has 160 valence electrons. The number of nitrogens with one attached hydrogen (secondary N) is 2. The average Bonchev–Trinajstić information content (AvgIpc) is 3.14. The number of rotatable bonds is 4. The van der Waals surface area contributed by atoms with Crippen molar-refractivity contribution in [3.05, 3.63) is 59.8 Å². The summed E-state index contributed by atoms with van der Waals surface area (Å²) in [6.07, 6.45) is 0. The summed E-state index contributed by atoms with van der Waals surface area (Å²) in [5.74, 6) is -1.43. The van der Waals surface area contributed by atoms with Gasteiger partial charge in [0.15, 0.2) is 11.5 Å². The molecule has 2 aliphatic rings. The van der Waals surface area contributed by atoms with E-state index in [1.165, 1.54) is 18.2 Å². The van der Waals surface area contributed by atoms with E-state index >= 15 is 0 Å². The molecule has 3 aromatic rings. The molecular formula is C22H21F2N5O2. The molecule has 31 heavy (non-hydrogen) atoms. The van der Waals surface area contributed by atoms with Gasteiger partial charge in [0.1, 0.15) is 17.5 Å². The van der Waals surface area contributed by atoms with Crippen LogP contribution in [-0.4, -0.2) is 48.3 Å². The first-order valence-electron chi connectivity index (χ1n) is 10.1. The van der Waals surface area contributed by atoms with Gasteiger partial charge in [-0.05, 0) is 36.4 Å². The fourth-order valence-corrected chi connectivity index (χ4v) is 3.97. The van der Waals surface area contributed by atoms with Gasteiger partial charge in [0.05, 0.1) is 18.8 Å². The van der Waals surface area contributed by atoms with Crippen molar-refractivity contribution in [2.45, 2.75) is 6.54 Å². The molecule has 0 aliphatic carbocycles. The number of fused-ring (bicyclic) bond motifs is 1. The second kappa shape index (κ2) is 7.99. The van der Waals surface area contributed by atoms with Crippen LogP contribution in [0.15, 0.2) is 42.5 Å². The third-order valence-corrected chi connectivity index (χ3v) is 5.50. The zero-order valence-electron chi connectivity index (χ0n) is 16.7. The van der Waals surface area contributed by atoms with Gasteiger partial charge in [0, 0.05) is 37.6 Å². The van der Waals surface area contributed by atoms with Crippen LogP contribution in [-0.2, 0) is 11.3 Å². The number of carbonyl (C=O) groups is 1. The van der Waals surface area contributed by atoms with E-state index < -0.39 is 11.6 Å². The van der Waals surface area contributed by atoms with Crippen LogP contribution in [0.4, 0.5) is 26.0 Å². The highest BCUT2D eigenvalue weighted by molar-refractivity contribution is 5.99. The fraction of sp³-hybridized carbons (Fsp3) is 0.273. The van der Waals surface area contributed by atoms with E-state index in [4.69, 9.17) is 4.74 Å². The maximum Gasteiger partial charge on any atom is 0.271 e. The Morgan fingerprint density at radius 1 is 1.00 bits per heavy atom. The Morgan fingerprint density at radius 3 is 2.42 bits per heavy atom. The molecule has 1 fully saturated rings. The van der Waals surface area contributed by atoms with Crippen LogP contribution >= 0.6 is 0 Å². The third-order valence-electron chi connectivity index (χ3n) is 5.50. The first kappa shape index (κ1) is 19.5. The summed E-state index contributed by atoms with van der Waals surface area (Å²) in [4.78, 5) is 19.2. The molecule has 0 bridgehead atoms. The highest BCUT2D eigenvalue weighted by atomic mass is 19.1. The number of benzene rings is 2. The normalized spacial score (nSPS) is 16.1. The van der Waals surface area contributed by atoms with Crippen LogP contribution in [0, 0.1) is 11.6 Å². The molecule has 5 rings (SSSR count). The molecular weight excluding hydrogens is 404 g/mol. The van der Waals surface area contributed by atoms with Crippen LogP contribution < -0.4 is 15.5 Å². The first-order valence-corrected chi connectivity index (χ1v) is 10.1. The minimum atomic E-state index is -0.722. The molecule has 0 saturated carbocycles. The average molecular weight is 425 g/mol. The Morgan fingerprint density at radius 2 is 1.71 bits per heavy atom. The Bertz CT molecular complexity index is 1100. The summed E-state index contributed by atoms with van der Waals surface area (Å²) < 4.78 is 35.8. The number of hydrogen-bond acceptors (Lipinski definition) is 5. The van der Waals surface area contributed by atoms with Gasteiger partial charge >= 0.3 is 0 Å². The van der Waals surface area contributed by atoms with E-state index in [0.29, 0.717) is 26.3 Å². The Hall–Kier alpha value is -3.46. The number of aromatic nitrogens is 2. The molecule has 0 radical (unpaired) electrons. The zero-order valence-corrected chi connectivity index (χ0v) is 16.7. The van der Waals surface area contributed by atoms with Crippen LogP contribution in [0.2, 0.25) is 0 Å². The third kappa shape index (κ3) is 3.61. The molecule has 0 atom stereocenters. The lowest BCUT2D eigenvalue weighted by molar-refractivity contribution is 0.0929. The summed E-state index contributed by atoms with van der Waals surface area (Å²) in [5, 5.41) is 5.91. The van der Waals surface area contributed by atoms with Gasteiger partial charge in [0.2, 0.25) is 0 Å². The lowest BCUT2D eigenvalue weighted by Crippen LogP contribution is -2.36. The quantitative estimate of drug-likeness (QED) is 0.672. The van der Waals surface area contributed by atoms with Crippen molar-refractivity contribution in [1.82, 2.24) is 14.9 Å². The maximum absolute atomic E-state index is 14.4. The van der Waals surface area contributed by atoms with E-state index in [0.717, 1.165) is 24.5 Å². The van der Waals surface area contributed by atoms with Crippen molar-refractivity contribution in [1.29, 1.82) is 0 Å². The number of anilines is 3. The monoisotopic (exact) mass is 425 g/mol. The van der Waals surface area contributed by atoms with Gasteiger partial charge in [-0.2, -0.15) is 0 Å². The standard InChI is InChI=1S/C22H21F2N5O2/c23-16-2-1-3-17(24)18(16)21-27-20(19-22(30)25-8-9-29(19)21)26-14-4-6-15(7-5-14)28-10-12-31-13-11-28/h1-7,26H,8-13H2,(H,25,30). The topological polar surface area (TPSA) is 71.4 Å². The second-order valence-corrected chi connectivity index (χ2v) is 7.41. The lowest BCUT2D eigenvalue weighted by Gasteiger charge is -2.28. The number of hydrogen-bond donors (Lipinski definition) is 2. The minimum absolute atomic E-state index is 0.0906. The van der Waals surface area contributed by atoms with Crippen LogP contribution in [0.5, 0.6) is 0 Å². The summed E-state index contributed by atoms with van der Waals surface area (Å²) in [6, 6.07) is 11.4. The van der Waals surface area contributed by atoms with E-state index in [-0.39, 0.29) is 28.8 Å². The number of amides is 1. The number of ether oxygens (including phenoxy) is 1. The molecule has 3 heterocycles. The molecule has 0 unspecified atom stereocenters. The molecule has 2 aliphatic heterocycles. The Labute approximate surface area is 177 Å². The number of nitrogens with zero attached hydrogens (tertiary/aromatic N) is 3. The number of carbonyl (C=O) groups excluding carboxylic acids is 1. The molecule has 7 nitrogen and oxygen atoms in total. The zero-order chi connectivity index (χ0) is 21.4. The Balaban J connectivity index is 1.50. The van der Waals surface area contributed by atoms with E-state index in [1.807, 2.05) is 24.3 Å². The molecule has 1 saturated heterocycles. The van der Waals surface area contributed by atoms with Gasteiger partial charge in [-0.3, -0.25) is 4.79 Å². The summed E-state index contributed by atoms with van der Waals surface area (Å²) in [5.41, 5.74) is 1.81. The van der Waals surface area contributed by atoms with Gasteiger partial charge in [-0.1, -0.05) is 6.07 Å². The van der Waals surface area contributed by atoms with Crippen molar-refractivity contribution in [2.75, 3.05) is 43.1 Å². The number of imidazole rings is 1. The molecule has 1 amide bonds. The van der Waals surface area contributed by atoms with Crippen molar-refractivity contribution in [3.8, 4) is 11.4 Å². The van der Waals surface area contributed by atoms with Crippen molar-refractivity contribution >= 4 is 23.1 Å². The highest BCUT2D eigenvalue weighted by Crippen LogP contribution is 2.32. The van der Waals surface area contributed by atoms with Crippen LogP contribution in [0.3, 0.4) is 0 Å². The Kier molecular flexibility index (Phi) is 5.03. The fourth-order valence-electron chi connectivity index (χ4n) is 3.97. The van der Waals surface area contributed by atoms with Crippen molar-refractivity contribution in [3.63, 3.8) is 0 Å². The van der Waals surface area contributed by atoms with Gasteiger partial charge in [-0.15, -0.1) is 0 Å². The highest BCUT2D eigenvalue weighted by Gasteiger charge is 2.29. The predicted octanol–water partition coefficient (Wildman–Crippen LogP) is 3.15. The largest absolute Gasteiger partial charge is 0.378 e. The number of morpholine rings is 1. The predicted molar refractivity (Wildman–Crippen MR) is 113 cm³/mol. The maximum atomic E-state index is 14.4. The summed E-state index contributed by atoms with van der Waals surface area (Å²) >= 11 is 0. The molecule has 2 N–H and O–H groups in total. The van der Waals surface area contributed by atoms with E-state index in [9.17, 15) is 13.6 Å². The van der Waals surface area contributed by atoms with Gasteiger partial charge in [-0.25, -0.2) is 13.8 Å². The van der Waals surface area contributed by atoms with Crippen LogP contribution in [0.25, 0.3) is 11.4 Å². The SMILES string of the molecule is O=C1NCCn2c(-c3c(F)cccc3F)nc(Nc3ccc(N4CCOCC4)cc3)c21. The van der Waals surface area contributed by atoms with E-state index in [2.05, 4.69) is 20.5 Å². The van der Waals surface area contributed by atoms with Gasteiger partial charge in [0.25, 0.3) is 5.91 Å². The smallest absolute Gasteiger partial charge is 0.271 e. The van der Waals surface area contributed by atoms with Crippen molar-refractivity contribution in [2.24, 2.45) is 0 Å².